The SMILES string of the molecule is CCNC(=NCCNC(=O)Cc1cccc(F)c1)NC1CC1C. The minimum Gasteiger partial charge on any atom is -0.357 e. The molecule has 1 amide bonds. The van der Waals surface area contributed by atoms with Crippen LogP contribution >= 0.6 is 0 Å². The van der Waals surface area contributed by atoms with E-state index in [9.17, 15) is 9.18 Å². The third-order valence-electron chi connectivity index (χ3n) is 3.73. The Bertz CT molecular complexity index is 561. The Morgan fingerprint density at radius 3 is 2.83 bits per heavy atom. The summed E-state index contributed by atoms with van der Waals surface area (Å²) in [6, 6.07) is 6.60. The van der Waals surface area contributed by atoms with E-state index in [4.69, 9.17) is 0 Å². The predicted octanol–water partition coefficient (Wildman–Crippen LogP) is 1.45. The van der Waals surface area contributed by atoms with Crippen molar-refractivity contribution >= 4 is 11.9 Å². The van der Waals surface area contributed by atoms with Crippen molar-refractivity contribution in [2.24, 2.45) is 10.9 Å². The molecule has 0 bridgehead atoms. The Morgan fingerprint density at radius 2 is 2.17 bits per heavy atom. The second-order valence-corrected chi connectivity index (χ2v) is 5.88. The van der Waals surface area contributed by atoms with Gasteiger partial charge in [-0.05, 0) is 37.0 Å². The molecule has 2 rings (SSSR count). The molecule has 1 fully saturated rings. The summed E-state index contributed by atoms with van der Waals surface area (Å²) in [6.07, 6.45) is 1.36. The number of carbonyl (C=O) groups is 1. The van der Waals surface area contributed by atoms with E-state index in [1.807, 2.05) is 6.92 Å². The molecular formula is C17H25FN4O. The van der Waals surface area contributed by atoms with Crippen LogP contribution in [0, 0.1) is 11.7 Å². The van der Waals surface area contributed by atoms with Crippen molar-refractivity contribution in [2.45, 2.75) is 32.7 Å². The van der Waals surface area contributed by atoms with Crippen LogP contribution in [0.2, 0.25) is 0 Å². The normalized spacial score (nSPS) is 20.0. The largest absolute Gasteiger partial charge is 0.357 e. The molecular weight excluding hydrogens is 295 g/mol. The molecule has 5 nitrogen and oxygen atoms in total. The number of aliphatic imine (C=N–C) groups is 1. The summed E-state index contributed by atoms with van der Waals surface area (Å²) in [7, 11) is 0. The summed E-state index contributed by atoms with van der Waals surface area (Å²) in [6.45, 7) is 6.00. The van der Waals surface area contributed by atoms with Crippen molar-refractivity contribution in [3.05, 3.63) is 35.6 Å². The summed E-state index contributed by atoms with van der Waals surface area (Å²) in [4.78, 5) is 16.3. The van der Waals surface area contributed by atoms with Gasteiger partial charge in [0.2, 0.25) is 5.91 Å². The number of rotatable bonds is 7. The van der Waals surface area contributed by atoms with Crippen LogP contribution in [0.25, 0.3) is 0 Å². The molecule has 23 heavy (non-hydrogen) atoms. The average molecular weight is 320 g/mol. The minimum absolute atomic E-state index is 0.125. The zero-order chi connectivity index (χ0) is 16.7. The van der Waals surface area contributed by atoms with Crippen LogP contribution in [-0.2, 0) is 11.2 Å². The van der Waals surface area contributed by atoms with E-state index in [0.29, 0.717) is 30.6 Å². The second-order valence-electron chi connectivity index (χ2n) is 5.88. The fourth-order valence-corrected chi connectivity index (χ4v) is 2.28. The lowest BCUT2D eigenvalue weighted by Crippen LogP contribution is -2.39. The Balaban J connectivity index is 1.70. The Morgan fingerprint density at radius 1 is 1.39 bits per heavy atom. The predicted molar refractivity (Wildman–Crippen MR) is 89.8 cm³/mol. The van der Waals surface area contributed by atoms with E-state index in [1.54, 1.807) is 12.1 Å². The number of carbonyl (C=O) groups excluding carboxylic acids is 1. The van der Waals surface area contributed by atoms with Gasteiger partial charge in [-0.25, -0.2) is 4.39 Å². The summed E-state index contributed by atoms with van der Waals surface area (Å²) < 4.78 is 13.1. The smallest absolute Gasteiger partial charge is 0.224 e. The number of nitrogens with zero attached hydrogens (tertiary/aromatic N) is 1. The number of amides is 1. The monoisotopic (exact) mass is 320 g/mol. The highest BCUT2D eigenvalue weighted by molar-refractivity contribution is 5.80. The van der Waals surface area contributed by atoms with Gasteiger partial charge in [0.15, 0.2) is 5.96 Å². The molecule has 1 aliphatic carbocycles. The summed E-state index contributed by atoms with van der Waals surface area (Å²) in [5, 5.41) is 9.36. The van der Waals surface area contributed by atoms with Crippen LogP contribution in [-0.4, -0.2) is 37.5 Å². The minimum atomic E-state index is -0.324. The van der Waals surface area contributed by atoms with Crippen molar-refractivity contribution in [1.29, 1.82) is 0 Å². The number of hydrogen-bond donors (Lipinski definition) is 3. The number of guanidine groups is 1. The first-order valence-corrected chi connectivity index (χ1v) is 8.14. The van der Waals surface area contributed by atoms with Crippen molar-refractivity contribution in [1.82, 2.24) is 16.0 Å². The van der Waals surface area contributed by atoms with E-state index in [-0.39, 0.29) is 18.1 Å². The molecule has 0 heterocycles. The first-order valence-electron chi connectivity index (χ1n) is 8.14. The molecule has 6 heteroatoms. The third kappa shape index (κ3) is 6.26. The Kier molecular flexibility index (Phi) is 6.38. The van der Waals surface area contributed by atoms with E-state index in [0.717, 1.165) is 12.5 Å². The number of nitrogens with one attached hydrogen (secondary N) is 3. The quantitative estimate of drug-likeness (QED) is 0.405. The van der Waals surface area contributed by atoms with Gasteiger partial charge in [0.05, 0.1) is 13.0 Å². The molecule has 2 atom stereocenters. The molecule has 1 aromatic rings. The number of hydrogen-bond acceptors (Lipinski definition) is 2. The maximum atomic E-state index is 13.1. The van der Waals surface area contributed by atoms with Gasteiger partial charge in [-0.1, -0.05) is 19.1 Å². The van der Waals surface area contributed by atoms with Gasteiger partial charge in [-0.15, -0.1) is 0 Å². The van der Waals surface area contributed by atoms with Crippen LogP contribution in [0.4, 0.5) is 4.39 Å². The molecule has 0 saturated heterocycles. The van der Waals surface area contributed by atoms with Crippen molar-refractivity contribution in [3.8, 4) is 0 Å². The molecule has 0 aliphatic heterocycles. The fourth-order valence-electron chi connectivity index (χ4n) is 2.28. The topological polar surface area (TPSA) is 65.5 Å². The van der Waals surface area contributed by atoms with E-state index >= 15 is 0 Å². The lowest BCUT2D eigenvalue weighted by molar-refractivity contribution is -0.120. The van der Waals surface area contributed by atoms with Crippen molar-refractivity contribution < 1.29 is 9.18 Å². The van der Waals surface area contributed by atoms with Crippen LogP contribution < -0.4 is 16.0 Å². The van der Waals surface area contributed by atoms with Crippen LogP contribution in [0.1, 0.15) is 25.8 Å². The van der Waals surface area contributed by atoms with Crippen LogP contribution in [0.5, 0.6) is 0 Å². The Labute approximate surface area is 136 Å². The van der Waals surface area contributed by atoms with Crippen LogP contribution in [0.3, 0.4) is 0 Å². The molecule has 0 spiro atoms. The first kappa shape index (κ1) is 17.2. The van der Waals surface area contributed by atoms with Gasteiger partial charge < -0.3 is 16.0 Å². The molecule has 126 valence electrons. The summed E-state index contributed by atoms with van der Waals surface area (Å²) in [5.41, 5.74) is 0.670. The van der Waals surface area contributed by atoms with E-state index < -0.39 is 0 Å². The van der Waals surface area contributed by atoms with E-state index in [2.05, 4.69) is 27.9 Å². The maximum Gasteiger partial charge on any atom is 0.224 e. The second kappa shape index (κ2) is 8.50. The molecule has 0 radical (unpaired) electrons. The molecule has 1 aromatic carbocycles. The highest BCUT2D eigenvalue weighted by Gasteiger charge is 2.33. The van der Waals surface area contributed by atoms with Gasteiger partial charge in [0, 0.05) is 19.1 Å². The maximum absolute atomic E-state index is 13.1. The molecule has 3 N–H and O–H groups in total. The molecule has 0 aromatic heterocycles. The molecule has 1 aliphatic rings. The third-order valence-corrected chi connectivity index (χ3v) is 3.73. The standard InChI is InChI=1S/C17H25FN4O/c1-3-19-17(22-15-9-12(15)2)21-8-7-20-16(23)11-13-5-4-6-14(18)10-13/h4-6,10,12,15H,3,7-9,11H2,1-2H3,(H,20,23)(H2,19,21,22). The lowest BCUT2D eigenvalue weighted by atomic mass is 10.1. The zero-order valence-corrected chi connectivity index (χ0v) is 13.7. The van der Waals surface area contributed by atoms with Crippen molar-refractivity contribution in [3.63, 3.8) is 0 Å². The summed E-state index contributed by atoms with van der Waals surface area (Å²) >= 11 is 0. The average Bonchev–Trinajstić information content (AvgIpc) is 3.19. The van der Waals surface area contributed by atoms with Crippen LogP contribution in [0.15, 0.2) is 29.3 Å². The van der Waals surface area contributed by atoms with Gasteiger partial charge in [-0.3, -0.25) is 9.79 Å². The number of benzene rings is 1. The number of halogens is 1. The van der Waals surface area contributed by atoms with Gasteiger partial charge in [0.25, 0.3) is 0 Å². The fraction of sp³-hybridized carbons (Fsp3) is 0.529. The van der Waals surface area contributed by atoms with Crippen molar-refractivity contribution in [2.75, 3.05) is 19.6 Å². The first-order chi connectivity index (χ1) is 11.1. The Hall–Kier alpha value is -2.11. The molecule has 2 unspecified atom stereocenters. The lowest BCUT2D eigenvalue weighted by Gasteiger charge is -2.11. The highest BCUT2D eigenvalue weighted by atomic mass is 19.1. The highest BCUT2D eigenvalue weighted by Crippen LogP contribution is 2.28. The van der Waals surface area contributed by atoms with Gasteiger partial charge in [0.1, 0.15) is 5.82 Å². The van der Waals surface area contributed by atoms with Gasteiger partial charge >= 0.3 is 0 Å². The van der Waals surface area contributed by atoms with E-state index in [1.165, 1.54) is 18.6 Å². The zero-order valence-electron chi connectivity index (χ0n) is 13.7. The molecule has 1 saturated carbocycles. The summed E-state index contributed by atoms with van der Waals surface area (Å²) in [5.74, 6) is 1.04. The van der Waals surface area contributed by atoms with Gasteiger partial charge in [-0.2, -0.15) is 0 Å².